The smallest absolute Gasteiger partial charge is 0.329 e. The molecule has 27 heavy (non-hydrogen) atoms. The van der Waals surface area contributed by atoms with Crippen molar-refractivity contribution in [3.05, 3.63) is 45.8 Å². The molecule has 1 aromatic carbocycles. The molecule has 0 atom stereocenters. The average Bonchev–Trinajstić information content (AvgIpc) is 3.17. The highest BCUT2D eigenvalue weighted by Crippen LogP contribution is 2.39. The summed E-state index contributed by atoms with van der Waals surface area (Å²) in [6, 6.07) is 7.49. The molecule has 0 radical (unpaired) electrons. The Hall–Kier alpha value is -2.71. The molecular formula is C19H20N2O5S. The summed E-state index contributed by atoms with van der Waals surface area (Å²) in [5.74, 6) is -1.89. The molecule has 1 aliphatic rings. The number of nitrogens with one attached hydrogen (secondary N) is 2. The first-order chi connectivity index (χ1) is 12.9. The molecule has 3 N–H and O–H groups in total. The number of amides is 2. The lowest BCUT2D eigenvalue weighted by atomic mass is 10.1. The van der Waals surface area contributed by atoms with Crippen LogP contribution in [0.15, 0.2) is 24.3 Å². The van der Waals surface area contributed by atoms with Crippen molar-refractivity contribution in [3.8, 4) is 0 Å². The summed E-state index contributed by atoms with van der Waals surface area (Å²) in [6.07, 6.45) is 2.67. The SMILES string of the molecule is Cc1ccc(NC(=O)c2c(NC(=O)COCC(=O)O)sc3c2CCC3)cc1. The maximum absolute atomic E-state index is 12.9. The van der Waals surface area contributed by atoms with Crippen LogP contribution in [0.4, 0.5) is 10.7 Å². The summed E-state index contributed by atoms with van der Waals surface area (Å²) in [4.78, 5) is 36.5. The molecule has 1 heterocycles. The standard InChI is InChI=1S/C19H20N2O5S/c1-11-5-7-12(8-6-11)20-18(25)17-13-3-2-4-14(13)27-19(17)21-15(22)9-26-10-16(23)24/h5-8H,2-4,9-10H2,1H3,(H,20,25)(H,21,22)(H,23,24). The van der Waals surface area contributed by atoms with E-state index in [2.05, 4.69) is 10.6 Å². The Balaban J connectivity index is 1.75. The summed E-state index contributed by atoms with van der Waals surface area (Å²) >= 11 is 1.39. The van der Waals surface area contributed by atoms with Crippen molar-refractivity contribution in [1.82, 2.24) is 0 Å². The minimum Gasteiger partial charge on any atom is -0.480 e. The highest BCUT2D eigenvalue weighted by Gasteiger charge is 2.27. The van der Waals surface area contributed by atoms with E-state index >= 15 is 0 Å². The van der Waals surface area contributed by atoms with Gasteiger partial charge in [-0.1, -0.05) is 17.7 Å². The third-order valence-electron chi connectivity index (χ3n) is 4.17. The van der Waals surface area contributed by atoms with Crippen molar-refractivity contribution >= 4 is 39.8 Å². The van der Waals surface area contributed by atoms with E-state index in [1.807, 2.05) is 31.2 Å². The summed E-state index contributed by atoms with van der Waals surface area (Å²) in [5.41, 5.74) is 3.25. The number of ether oxygens (including phenoxy) is 1. The lowest BCUT2D eigenvalue weighted by molar-refractivity contribution is -0.143. The maximum atomic E-state index is 12.9. The molecule has 0 fully saturated rings. The summed E-state index contributed by atoms with van der Waals surface area (Å²) in [6.45, 7) is 1.04. The summed E-state index contributed by atoms with van der Waals surface area (Å²) in [7, 11) is 0. The molecule has 1 aromatic heterocycles. The van der Waals surface area contributed by atoms with Gasteiger partial charge in [0.05, 0.1) is 5.56 Å². The van der Waals surface area contributed by atoms with Crippen molar-refractivity contribution < 1.29 is 24.2 Å². The van der Waals surface area contributed by atoms with Gasteiger partial charge >= 0.3 is 5.97 Å². The van der Waals surface area contributed by atoms with Crippen LogP contribution in [0.1, 0.15) is 32.8 Å². The number of carbonyl (C=O) groups excluding carboxylic acids is 2. The molecule has 1 aliphatic carbocycles. The molecule has 0 aliphatic heterocycles. The molecule has 7 nitrogen and oxygen atoms in total. The van der Waals surface area contributed by atoms with Crippen molar-refractivity contribution in [3.63, 3.8) is 0 Å². The van der Waals surface area contributed by atoms with Gasteiger partial charge in [-0.05, 0) is 43.9 Å². The van der Waals surface area contributed by atoms with E-state index in [0.717, 1.165) is 35.3 Å². The van der Waals surface area contributed by atoms with Gasteiger partial charge in [0.2, 0.25) is 0 Å². The number of hydrogen-bond acceptors (Lipinski definition) is 5. The van der Waals surface area contributed by atoms with Crippen molar-refractivity contribution in [2.75, 3.05) is 23.8 Å². The molecule has 0 unspecified atom stereocenters. The monoisotopic (exact) mass is 388 g/mol. The van der Waals surface area contributed by atoms with Gasteiger partial charge in [-0.15, -0.1) is 11.3 Å². The topological polar surface area (TPSA) is 105 Å². The van der Waals surface area contributed by atoms with Crippen LogP contribution in [0.3, 0.4) is 0 Å². The minimum atomic E-state index is -1.14. The number of fused-ring (bicyclic) bond motifs is 1. The van der Waals surface area contributed by atoms with Crippen LogP contribution in [0.2, 0.25) is 0 Å². The van der Waals surface area contributed by atoms with Crippen molar-refractivity contribution in [2.45, 2.75) is 26.2 Å². The fourth-order valence-corrected chi connectivity index (χ4v) is 4.26. The Bertz CT molecular complexity index is 873. The van der Waals surface area contributed by atoms with Gasteiger partial charge in [0, 0.05) is 10.6 Å². The lowest BCUT2D eigenvalue weighted by Crippen LogP contribution is -2.22. The van der Waals surface area contributed by atoms with Crippen LogP contribution in [0.5, 0.6) is 0 Å². The van der Waals surface area contributed by atoms with E-state index in [1.54, 1.807) is 0 Å². The van der Waals surface area contributed by atoms with Crippen LogP contribution in [-0.4, -0.2) is 36.1 Å². The number of carboxylic acids is 1. The molecule has 0 bridgehead atoms. The molecule has 0 saturated heterocycles. The fourth-order valence-electron chi connectivity index (χ4n) is 2.96. The van der Waals surface area contributed by atoms with E-state index in [1.165, 1.54) is 11.3 Å². The van der Waals surface area contributed by atoms with Gasteiger partial charge in [0.15, 0.2) is 0 Å². The quantitative estimate of drug-likeness (QED) is 0.676. The number of thiophene rings is 1. The lowest BCUT2D eigenvalue weighted by Gasteiger charge is -2.10. The van der Waals surface area contributed by atoms with Gasteiger partial charge in [0.1, 0.15) is 18.2 Å². The second kappa shape index (κ2) is 8.32. The number of carbonyl (C=O) groups is 3. The van der Waals surface area contributed by atoms with Gasteiger partial charge in [-0.2, -0.15) is 0 Å². The number of hydrogen-bond donors (Lipinski definition) is 3. The summed E-state index contributed by atoms with van der Waals surface area (Å²) in [5, 5.41) is 14.6. The maximum Gasteiger partial charge on any atom is 0.329 e. The molecule has 142 valence electrons. The molecular weight excluding hydrogens is 368 g/mol. The fraction of sp³-hybridized carbons (Fsp3) is 0.316. The number of carboxylic acid groups (broad SMARTS) is 1. The van der Waals surface area contributed by atoms with Gasteiger partial charge < -0.3 is 20.5 Å². The van der Waals surface area contributed by atoms with Crippen molar-refractivity contribution in [2.24, 2.45) is 0 Å². The van der Waals surface area contributed by atoms with Gasteiger partial charge in [-0.3, -0.25) is 9.59 Å². The molecule has 2 aromatic rings. The minimum absolute atomic E-state index is 0.264. The normalized spacial score (nSPS) is 12.5. The predicted octanol–water partition coefficient (Wildman–Crippen LogP) is 2.84. The van der Waals surface area contributed by atoms with E-state index in [4.69, 9.17) is 9.84 Å². The van der Waals surface area contributed by atoms with Crippen LogP contribution in [0.25, 0.3) is 0 Å². The Morgan fingerprint density at radius 1 is 1.11 bits per heavy atom. The Labute approximate surface area is 160 Å². The predicted molar refractivity (Wildman–Crippen MR) is 103 cm³/mol. The number of rotatable bonds is 7. The highest BCUT2D eigenvalue weighted by atomic mass is 32.1. The number of aliphatic carboxylic acids is 1. The van der Waals surface area contributed by atoms with Crippen LogP contribution in [-0.2, 0) is 27.2 Å². The third-order valence-corrected chi connectivity index (χ3v) is 5.38. The second-order valence-corrected chi connectivity index (χ2v) is 7.42. The largest absolute Gasteiger partial charge is 0.480 e. The van der Waals surface area contributed by atoms with E-state index in [0.29, 0.717) is 16.3 Å². The van der Waals surface area contributed by atoms with Crippen molar-refractivity contribution in [1.29, 1.82) is 0 Å². The van der Waals surface area contributed by atoms with E-state index in [-0.39, 0.29) is 12.5 Å². The molecule has 2 amide bonds. The van der Waals surface area contributed by atoms with Gasteiger partial charge in [-0.25, -0.2) is 4.79 Å². The zero-order valence-electron chi connectivity index (χ0n) is 14.8. The Kier molecular flexibility index (Phi) is 5.88. The number of benzene rings is 1. The number of aryl methyl sites for hydroxylation is 2. The molecule has 8 heteroatoms. The Morgan fingerprint density at radius 2 is 1.85 bits per heavy atom. The first-order valence-electron chi connectivity index (χ1n) is 8.56. The molecule has 3 rings (SSSR count). The first kappa shape index (κ1) is 19.1. The molecule has 0 saturated carbocycles. The van der Waals surface area contributed by atoms with Crippen LogP contribution in [0, 0.1) is 6.92 Å². The number of anilines is 2. The molecule has 0 spiro atoms. The van der Waals surface area contributed by atoms with E-state index < -0.39 is 18.5 Å². The zero-order valence-corrected chi connectivity index (χ0v) is 15.6. The third kappa shape index (κ3) is 4.72. The average molecular weight is 388 g/mol. The Morgan fingerprint density at radius 3 is 2.56 bits per heavy atom. The summed E-state index contributed by atoms with van der Waals surface area (Å²) < 4.78 is 4.81. The van der Waals surface area contributed by atoms with E-state index in [9.17, 15) is 14.4 Å². The second-order valence-electron chi connectivity index (χ2n) is 6.32. The van der Waals surface area contributed by atoms with Crippen LogP contribution < -0.4 is 10.6 Å². The highest BCUT2D eigenvalue weighted by molar-refractivity contribution is 7.17. The zero-order chi connectivity index (χ0) is 19.4. The first-order valence-corrected chi connectivity index (χ1v) is 9.37. The van der Waals surface area contributed by atoms with Crippen LogP contribution >= 0.6 is 11.3 Å². The van der Waals surface area contributed by atoms with Gasteiger partial charge in [0.25, 0.3) is 11.8 Å².